The smallest absolute Gasteiger partial charge is 0.237 e. The van der Waals surface area contributed by atoms with E-state index in [1.165, 1.54) is 5.56 Å². The summed E-state index contributed by atoms with van der Waals surface area (Å²) in [4.78, 5) is 12.0. The lowest BCUT2D eigenvalue weighted by molar-refractivity contribution is -0.125. The van der Waals surface area contributed by atoms with Crippen molar-refractivity contribution >= 4 is 21.8 Å². The van der Waals surface area contributed by atoms with Gasteiger partial charge in [-0.15, -0.1) is 0 Å². The van der Waals surface area contributed by atoms with Gasteiger partial charge in [0.05, 0.1) is 6.04 Å². The molecule has 3 N–H and O–H groups in total. The van der Waals surface area contributed by atoms with Crippen LogP contribution in [0.3, 0.4) is 0 Å². The molecule has 1 unspecified atom stereocenters. The third-order valence-corrected chi connectivity index (χ3v) is 3.59. The summed E-state index contributed by atoms with van der Waals surface area (Å²) >= 11 is 3.41. The van der Waals surface area contributed by atoms with Crippen molar-refractivity contribution in [2.45, 2.75) is 46.2 Å². The summed E-state index contributed by atoms with van der Waals surface area (Å²) < 4.78 is 1.06. The van der Waals surface area contributed by atoms with E-state index in [2.05, 4.69) is 33.4 Å². The minimum atomic E-state index is -0.486. The second-order valence-electron chi connectivity index (χ2n) is 6.08. The number of benzene rings is 1. The molecule has 0 spiro atoms. The van der Waals surface area contributed by atoms with Crippen LogP contribution in [0.5, 0.6) is 0 Å². The van der Waals surface area contributed by atoms with Gasteiger partial charge in [-0.3, -0.25) is 4.79 Å². The zero-order valence-corrected chi connectivity index (χ0v) is 13.6. The Kier molecular flexibility index (Phi) is 5.56. The molecule has 0 fully saturated rings. The van der Waals surface area contributed by atoms with E-state index in [9.17, 15) is 4.79 Å². The van der Waals surface area contributed by atoms with Gasteiger partial charge in [0.15, 0.2) is 0 Å². The first-order chi connectivity index (χ1) is 8.70. The maximum Gasteiger partial charge on any atom is 0.237 e. The Morgan fingerprint density at radius 2 is 1.84 bits per heavy atom. The van der Waals surface area contributed by atoms with Crippen LogP contribution in [0, 0.1) is 5.41 Å². The summed E-state index contributed by atoms with van der Waals surface area (Å²) in [5.41, 5.74) is 6.91. The van der Waals surface area contributed by atoms with Crippen LogP contribution in [-0.4, -0.2) is 18.0 Å². The number of rotatable bonds is 4. The van der Waals surface area contributed by atoms with Gasteiger partial charge in [0.2, 0.25) is 5.91 Å². The third-order valence-electron chi connectivity index (χ3n) is 3.06. The third kappa shape index (κ3) is 5.33. The van der Waals surface area contributed by atoms with E-state index in [4.69, 9.17) is 5.73 Å². The molecule has 0 radical (unpaired) electrons. The molecule has 1 rings (SSSR count). The maximum absolute atomic E-state index is 12.0. The molecule has 19 heavy (non-hydrogen) atoms. The quantitative estimate of drug-likeness (QED) is 0.893. The van der Waals surface area contributed by atoms with E-state index in [0.29, 0.717) is 0 Å². The topological polar surface area (TPSA) is 55.1 Å². The SMILES string of the molecule is CC(Cc1ccc(Br)cc1)NC(=O)[C@H](N)C(C)(C)C. The van der Waals surface area contributed by atoms with Crippen LogP contribution in [0.2, 0.25) is 0 Å². The minimum Gasteiger partial charge on any atom is -0.352 e. The molecule has 0 bridgehead atoms. The standard InChI is InChI=1S/C15H23BrN2O/c1-10(9-11-5-7-12(16)8-6-11)18-14(19)13(17)15(2,3)4/h5-8,10,13H,9,17H2,1-4H3,(H,18,19)/t10?,13-/m0/s1. The highest BCUT2D eigenvalue weighted by molar-refractivity contribution is 9.10. The molecule has 1 amide bonds. The Labute approximate surface area is 124 Å². The van der Waals surface area contributed by atoms with Crippen molar-refractivity contribution in [2.24, 2.45) is 11.1 Å². The lowest BCUT2D eigenvalue weighted by atomic mass is 9.87. The molecule has 3 nitrogen and oxygen atoms in total. The number of hydrogen-bond acceptors (Lipinski definition) is 2. The second kappa shape index (κ2) is 6.53. The number of nitrogens with one attached hydrogen (secondary N) is 1. The summed E-state index contributed by atoms with van der Waals surface area (Å²) in [5, 5.41) is 2.97. The van der Waals surface area contributed by atoms with Crippen LogP contribution in [-0.2, 0) is 11.2 Å². The van der Waals surface area contributed by atoms with Gasteiger partial charge in [-0.1, -0.05) is 48.8 Å². The first-order valence-corrected chi connectivity index (χ1v) is 7.30. The Morgan fingerprint density at radius 3 is 2.32 bits per heavy atom. The van der Waals surface area contributed by atoms with E-state index in [1.54, 1.807) is 0 Å². The summed E-state index contributed by atoms with van der Waals surface area (Å²) in [6, 6.07) is 7.70. The Bertz CT molecular complexity index is 423. The second-order valence-corrected chi connectivity index (χ2v) is 7.00. The maximum atomic E-state index is 12.0. The van der Waals surface area contributed by atoms with Gasteiger partial charge in [0.25, 0.3) is 0 Å². The highest BCUT2D eigenvalue weighted by atomic mass is 79.9. The van der Waals surface area contributed by atoms with Crippen LogP contribution in [0.15, 0.2) is 28.7 Å². The predicted molar refractivity (Wildman–Crippen MR) is 82.9 cm³/mol. The van der Waals surface area contributed by atoms with Gasteiger partial charge in [-0.2, -0.15) is 0 Å². The fraction of sp³-hybridized carbons (Fsp3) is 0.533. The van der Waals surface area contributed by atoms with E-state index < -0.39 is 6.04 Å². The molecule has 0 aliphatic carbocycles. The zero-order chi connectivity index (χ0) is 14.6. The van der Waals surface area contributed by atoms with Gasteiger partial charge < -0.3 is 11.1 Å². The molecular weight excluding hydrogens is 304 g/mol. The van der Waals surface area contributed by atoms with Crippen molar-refractivity contribution in [2.75, 3.05) is 0 Å². The van der Waals surface area contributed by atoms with E-state index in [-0.39, 0.29) is 17.4 Å². The molecule has 2 atom stereocenters. The van der Waals surface area contributed by atoms with Crippen molar-refractivity contribution in [3.8, 4) is 0 Å². The fourth-order valence-electron chi connectivity index (χ4n) is 1.75. The Morgan fingerprint density at radius 1 is 1.32 bits per heavy atom. The van der Waals surface area contributed by atoms with Crippen LogP contribution in [0.4, 0.5) is 0 Å². The zero-order valence-electron chi connectivity index (χ0n) is 12.0. The van der Waals surface area contributed by atoms with Crippen molar-refractivity contribution in [3.63, 3.8) is 0 Å². The first-order valence-electron chi connectivity index (χ1n) is 6.50. The Balaban J connectivity index is 2.53. The van der Waals surface area contributed by atoms with Gasteiger partial charge in [0, 0.05) is 10.5 Å². The van der Waals surface area contributed by atoms with Gasteiger partial charge >= 0.3 is 0 Å². The number of amides is 1. The molecule has 0 aromatic heterocycles. The lowest BCUT2D eigenvalue weighted by Gasteiger charge is -2.27. The van der Waals surface area contributed by atoms with Crippen molar-refractivity contribution in [1.82, 2.24) is 5.32 Å². The molecule has 0 aliphatic heterocycles. The number of carbonyl (C=O) groups excluding carboxylic acids is 1. The molecule has 0 heterocycles. The van der Waals surface area contributed by atoms with Crippen molar-refractivity contribution in [3.05, 3.63) is 34.3 Å². The molecule has 1 aromatic carbocycles. The highest BCUT2D eigenvalue weighted by Gasteiger charge is 2.28. The summed E-state index contributed by atoms with van der Waals surface area (Å²) in [5.74, 6) is -0.0860. The average molecular weight is 327 g/mol. The van der Waals surface area contributed by atoms with Gasteiger partial charge in [-0.25, -0.2) is 0 Å². The number of carbonyl (C=O) groups is 1. The van der Waals surface area contributed by atoms with E-state index >= 15 is 0 Å². The largest absolute Gasteiger partial charge is 0.352 e. The number of halogens is 1. The van der Waals surface area contributed by atoms with Crippen LogP contribution >= 0.6 is 15.9 Å². The summed E-state index contributed by atoms with van der Waals surface area (Å²) in [7, 11) is 0. The Hall–Kier alpha value is -0.870. The molecule has 1 aromatic rings. The molecule has 4 heteroatoms. The summed E-state index contributed by atoms with van der Waals surface area (Å²) in [6.07, 6.45) is 0.801. The molecule has 0 saturated carbocycles. The monoisotopic (exact) mass is 326 g/mol. The van der Waals surface area contributed by atoms with Gasteiger partial charge in [-0.05, 0) is 36.5 Å². The predicted octanol–water partition coefficient (Wildman–Crippen LogP) is 2.87. The van der Waals surface area contributed by atoms with Crippen LogP contribution in [0.25, 0.3) is 0 Å². The summed E-state index contributed by atoms with van der Waals surface area (Å²) in [6.45, 7) is 7.90. The van der Waals surface area contributed by atoms with Crippen molar-refractivity contribution in [1.29, 1.82) is 0 Å². The lowest BCUT2D eigenvalue weighted by Crippen LogP contribution is -2.51. The molecule has 0 aliphatic rings. The number of nitrogens with two attached hydrogens (primary N) is 1. The molecule has 106 valence electrons. The minimum absolute atomic E-state index is 0.0714. The molecular formula is C15H23BrN2O. The van der Waals surface area contributed by atoms with E-state index in [1.807, 2.05) is 39.8 Å². The van der Waals surface area contributed by atoms with Crippen LogP contribution in [0.1, 0.15) is 33.3 Å². The first kappa shape index (κ1) is 16.2. The molecule has 0 saturated heterocycles. The normalized spacial score (nSPS) is 14.8. The number of hydrogen-bond donors (Lipinski definition) is 2. The van der Waals surface area contributed by atoms with Crippen molar-refractivity contribution < 1.29 is 4.79 Å². The van der Waals surface area contributed by atoms with Gasteiger partial charge in [0.1, 0.15) is 0 Å². The van der Waals surface area contributed by atoms with Crippen LogP contribution < -0.4 is 11.1 Å². The average Bonchev–Trinajstić information content (AvgIpc) is 2.29. The highest BCUT2D eigenvalue weighted by Crippen LogP contribution is 2.17. The fourth-order valence-corrected chi connectivity index (χ4v) is 2.02. The van der Waals surface area contributed by atoms with E-state index in [0.717, 1.165) is 10.9 Å².